The third-order valence-corrected chi connectivity index (χ3v) is 6.21. The summed E-state index contributed by atoms with van der Waals surface area (Å²) in [5.41, 5.74) is 1.55. The molecule has 0 spiro atoms. The average Bonchev–Trinajstić information content (AvgIpc) is 2.67. The van der Waals surface area contributed by atoms with Crippen molar-refractivity contribution in [3.63, 3.8) is 0 Å². The number of nitrogens with one attached hydrogen (secondary N) is 1. The van der Waals surface area contributed by atoms with E-state index in [4.69, 9.17) is 5.26 Å². The summed E-state index contributed by atoms with van der Waals surface area (Å²) in [6, 6.07) is 11.4. The number of nitriles is 1. The van der Waals surface area contributed by atoms with Gasteiger partial charge in [-0.2, -0.15) is 5.26 Å². The van der Waals surface area contributed by atoms with E-state index in [1.165, 1.54) is 25.1 Å². The normalized spacial score (nSPS) is 17.2. The van der Waals surface area contributed by atoms with E-state index >= 15 is 0 Å². The summed E-state index contributed by atoms with van der Waals surface area (Å²) in [6.45, 7) is 2.45. The van der Waals surface area contributed by atoms with Gasteiger partial charge >= 0.3 is 0 Å². The van der Waals surface area contributed by atoms with E-state index in [1.54, 1.807) is 18.2 Å². The molecule has 1 unspecified atom stereocenters. The van der Waals surface area contributed by atoms with Crippen molar-refractivity contribution in [2.45, 2.75) is 30.7 Å². The van der Waals surface area contributed by atoms with Crippen LogP contribution in [0, 0.1) is 17.1 Å². The number of hydrogen-bond acceptors (Lipinski definition) is 5. The Morgan fingerprint density at radius 2 is 2.07 bits per heavy atom. The molecule has 146 valence electrons. The number of nitrogens with zero attached hydrogens (tertiary/aromatic N) is 2. The number of Topliss-reactive ketones (excluding diaryl/α,β-unsaturated/α-hetero) is 1. The van der Waals surface area contributed by atoms with Crippen molar-refractivity contribution in [2.24, 2.45) is 0 Å². The Bertz CT molecular complexity index is 1050. The molecule has 3 rings (SSSR count). The molecule has 0 amide bonds. The van der Waals surface area contributed by atoms with Crippen molar-refractivity contribution in [1.29, 1.82) is 5.26 Å². The zero-order chi connectivity index (χ0) is 20.3. The van der Waals surface area contributed by atoms with Gasteiger partial charge in [-0.1, -0.05) is 6.07 Å². The summed E-state index contributed by atoms with van der Waals surface area (Å²) in [4.78, 5) is 13.8. The molecule has 1 saturated heterocycles. The van der Waals surface area contributed by atoms with E-state index in [0.29, 0.717) is 42.7 Å². The molecule has 1 N–H and O–H groups in total. The highest BCUT2D eigenvalue weighted by atomic mass is 32.2. The number of ketones is 1. The highest BCUT2D eigenvalue weighted by Crippen LogP contribution is 2.27. The number of halogens is 1. The summed E-state index contributed by atoms with van der Waals surface area (Å²) < 4.78 is 41.2. The average molecular weight is 401 g/mol. The van der Waals surface area contributed by atoms with Gasteiger partial charge < -0.3 is 4.90 Å². The number of anilines is 1. The molecule has 1 aliphatic heterocycles. The van der Waals surface area contributed by atoms with Crippen LogP contribution in [0.5, 0.6) is 0 Å². The van der Waals surface area contributed by atoms with Crippen molar-refractivity contribution < 1.29 is 17.6 Å². The van der Waals surface area contributed by atoms with Gasteiger partial charge in [0, 0.05) is 30.4 Å². The SMILES string of the molecule is CC(=O)c1ccc(C#N)cc1N1CCCC(NS(=O)(=O)c2cccc(F)c2)C1. The molecule has 0 bridgehead atoms. The fraction of sp³-hybridized carbons (Fsp3) is 0.300. The first-order chi connectivity index (χ1) is 13.3. The van der Waals surface area contributed by atoms with Gasteiger partial charge in [0.1, 0.15) is 5.82 Å². The predicted molar refractivity (Wildman–Crippen MR) is 103 cm³/mol. The molecule has 0 aliphatic carbocycles. The molecule has 8 heteroatoms. The van der Waals surface area contributed by atoms with Gasteiger partial charge in [-0.3, -0.25) is 4.79 Å². The summed E-state index contributed by atoms with van der Waals surface area (Å²) in [6.07, 6.45) is 1.34. The predicted octanol–water partition coefficient (Wildman–Crippen LogP) is 2.85. The number of carbonyl (C=O) groups excluding carboxylic acids is 1. The van der Waals surface area contributed by atoms with Gasteiger partial charge in [0.2, 0.25) is 10.0 Å². The maximum Gasteiger partial charge on any atom is 0.240 e. The van der Waals surface area contributed by atoms with Crippen molar-refractivity contribution in [3.05, 3.63) is 59.4 Å². The first-order valence-electron chi connectivity index (χ1n) is 8.88. The Morgan fingerprint density at radius 3 is 2.75 bits per heavy atom. The Balaban J connectivity index is 1.83. The van der Waals surface area contributed by atoms with Crippen molar-refractivity contribution >= 4 is 21.5 Å². The van der Waals surface area contributed by atoms with Crippen LogP contribution in [0.25, 0.3) is 0 Å². The van der Waals surface area contributed by atoms with Crippen LogP contribution in [-0.2, 0) is 10.0 Å². The molecule has 0 saturated carbocycles. The van der Waals surface area contributed by atoms with Crippen molar-refractivity contribution in [3.8, 4) is 6.07 Å². The maximum absolute atomic E-state index is 13.4. The molecule has 2 aromatic carbocycles. The Hall–Kier alpha value is -2.76. The minimum Gasteiger partial charge on any atom is -0.369 e. The van der Waals surface area contributed by atoms with Crippen LogP contribution in [0.4, 0.5) is 10.1 Å². The van der Waals surface area contributed by atoms with Gasteiger partial charge in [0.25, 0.3) is 0 Å². The Morgan fingerprint density at radius 1 is 1.29 bits per heavy atom. The second-order valence-corrected chi connectivity index (χ2v) is 8.48. The van der Waals surface area contributed by atoms with Crippen LogP contribution in [-0.4, -0.2) is 33.3 Å². The van der Waals surface area contributed by atoms with Crippen LogP contribution in [0.15, 0.2) is 47.4 Å². The lowest BCUT2D eigenvalue weighted by atomic mass is 10.0. The molecule has 2 aromatic rings. The number of hydrogen-bond donors (Lipinski definition) is 1. The molecule has 1 atom stereocenters. The quantitative estimate of drug-likeness (QED) is 0.778. The number of benzene rings is 2. The van der Waals surface area contributed by atoms with Crippen LogP contribution in [0.1, 0.15) is 35.7 Å². The van der Waals surface area contributed by atoms with E-state index < -0.39 is 21.9 Å². The maximum atomic E-state index is 13.4. The minimum atomic E-state index is -3.86. The van der Waals surface area contributed by atoms with E-state index in [-0.39, 0.29) is 10.7 Å². The second-order valence-electron chi connectivity index (χ2n) is 6.76. The molecule has 0 radical (unpaired) electrons. The van der Waals surface area contributed by atoms with E-state index in [0.717, 1.165) is 6.07 Å². The second kappa shape index (κ2) is 8.09. The fourth-order valence-electron chi connectivity index (χ4n) is 3.37. The van der Waals surface area contributed by atoms with Crippen molar-refractivity contribution in [1.82, 2.24) is 4.72 Å². The Kier molecular flexibility index (Phi) is 5.77. The standard InChI is InChI=1S/C20H20FN3O3S/c1-14(25)19-8-7-15(12-22)10-20(19)24-9-3-5-17(13-24)23-28(26,27)18-6-2-4-16(21)11-18/h2,4,6-8,10-11,17,23H,3,5,9,13H2,1H3. The smallest absolute Gasteiger partial charge is 0.240 e. The first-order valence-corrected chi connectivity index (χ1v) is 10.4. The van der Waals surface area contributed by atoms with Gasteiger partial charge in [-0.25, -0.2) is 17.5 Å². The topological polar surface area (TPSA) is 90.3 Å². The van der Waals surface area contributed by atoms with E-state index in [9.17, 15) is 17.6 Å². The van der Waals surface area contributed by atoms with E-state index in [2.05, 4.69) is 10.8 Å². The molecule has 1 fully saturated rings. The molecule has 0 aromatic heterocycles. The van der Waals surface area contributed by atoms with Crippen LogP contribution in [0.2, 0.25) is 0 Å². The largest absolute Gasteiger partial charge is 0.369 e. The monoisotopic (exact) mass is 401 g/mol. The molecular weight excluding hydrogens is 381 g/mol. The zero-order valence-corrected chi connectivity index (χ0v) is 16.2. The van der Waals surface area contributed by atoms with Crippen LogP contribution >= 0.6 is 0 Å². The first kappa shape index (κ1) is 20.0. The zero-order valence-electron chi connectivity index (χ0n) is 15.4. The molecule has 1 aliphatic rings. The number of sulfonamides is 1. The van der Waals surface area contributed by atoms with Gasteiger partial charge in [-0.05, 0) is 56.2 Å². The lowest BCUT2D eigenvalue weighted by Crippen LogP contribution is -2.48. The lowest BCUT2D eigenvalue weighted by molar-refractivity contribution is 0.101. The van der Waals surface area contributed by atoms with Crippen molar-refractivity contribution in [2.75, 3.05) is 18.0 Å². The van der Waals surface area contributed by atoms with Gasteiger partial charge in [0.05, 0.1) is 16.5 Å². The molecule has 6 nitrogen and oxygen atoms in total. The van der Waals surface area contributed by atoms with E-state index in [1.807, 2.05) is 4.90 Å². The molecular formula is C20H20FN3O3S. The molecule has 28 heavy (non-hydrogen) atoms. The third kappa shape index (κ3) is 4.38. The van der Waals surface area contributed by atoms with Gasteiger partial charge in [-0.15, -0.1) is 0 Å². The summed E-state index contributed by atoms with van der Waals surface area (Å²) >= 11 is 0. The van der Waals surface area contributed by atoms with Crippen LogP contribution in [0.3, 0.4) is 0 Å². The van der Waals surface area contributed by atoms with Crippen LogP contribution < -0.4 is 9.62 Å². The minimum absolute atomic E-state index is 0.123. The number of carbonyl (C=O) groups is 1. The Labute approximate surface area is 163 Å². The molecule has 1 heterocycles. The highest BCUT2D eigenvalue weighted by molar-refractivity contribution is 7.89. The van der Waals surface area contributed by atoms with Gasteiger partial charge in [0.15, 0.2) is 5.78 Å². The number of rotatable bonds is 5. The lowest BCUT2D eigenvalue weighted by Gasteiger charge is -2.35. The fourth-order valence-corrected chi connectivity index (χ4v) is 4.67. The highest BCUT2D eigenvalue weighted by Gasteiger charge is 2.27. The summed E-state index contributed by atoms with van der Waals surface area (Å²) in [5.74, 6) is -0.741. The third-order valence-electron chi connectivity index (χ3n) is 4.70. The number of piperidine rings is 1. The summed E-state index contributed by atoms with van der Waals surface area (Å²) in [7, 11) is -3.86. The summed E-state index contributed by atoms with van der Waals surface area (Å²) in [5, 5.41) is 9.17.